The quantitative estimate of drug-likeness (QED) is 0.143. The molecule has 9 aromatic heterocycles. The van der Waals surface area contributed by atoms with E-state index >= 15 is 0 Å². The second-order valence-corrected chi connectivity index (χ2v) is 35.0. The minimum Gasteiger partial charge on any atom is -0.309 e. The molecule has 3 aliphatic rings. The smallest absolute Gasteiger partial charge is 0.0784 e. The maximum absolute atomic E-state index is 4.33. The lowest BCUT2D eigenvalue weighted by Crippen LogP contribution is -2.17. The lowest BCUT2D eigenvalue weighted by Gasteiger charge is -2.33. The minimum atomic E-state index is 1.12. The SMILES string of the molecule is c1ccc(N2c3ccccc3-n3c4cc5c6ccccc6n(-c6ccc(-c7cccnc7)cc6)c5cc4c4cccc2c43)cc1.c1ccc(N2c3ccccc3-n3c4ccc5c(c6ccccc6n5-c5ccc(-c6cccnc6)cc5)c4c4cccc2c43)cc1.c1ccc(N2c3ccccc3-n3c4ccc5c6ccccc6n(-c6ccc(-c7cccnc7)cc6)c5c4c4cccc2c43)cc1. The van der Waals surface area contributed by atoms with E-state index in [4.69, 9.17) is 0 Å². The van der Waals surface area contributed by atoms with E-state index in [9.17, 15) is 0 Å². The Kier molecular flexibility index (Phi) is 16.9. The first kappa shape index (κ1) is 75.6. The number of pyridine rings is 3. The zero-order valence-corrected chi connectivity index (χ0v) is 72.9. The topological polar surface area (TPSA) is 78.0 Å². The monoisotopic (exact) mass is 1720 g/mol. The van der Waals surface area contributed by atoms with Crippen molar-refractivity contribution in [2.75, 3.05) is 14.7 Å². The van der Waals surface area contributed by atoms with Crippen LogP contribution in [0.1, 0.15) is 0 Å². The van der Waals surface area contributed by atoms with Gasteiger partial charge in [0, 0.05) is 136 Å². The van der Waals surface area contributed by atoms with E-state index in [1.807, 2.05) is 55.4 Å². The normalized spacial score (nSPS) is 12.4. The van der Waals surface area contributed by atoms with Crippen molar-refractivity contribution in [3.8, 4) is 67.5 Å². The van der Waals surface area contributed by atoms with Gasteiger partial charge in [-0.3, -0.25) is 15.0 Å². The van der Waals surface area contributed by atoms with Crippen molar-refractivity contribution in [2.45, 2.75) is 0 Å². The van der Waals surface area contributed by atoms with E-state index in [1.54, 1.807) is 0 Å². The first-order valence-corrected chi connectivity index (χ1v) is 45.9. The molecule has 0 saturated heterocycles. The summed E-state index contributed by atoms with van der Waals surface area (Å²) in [4.78, 5) is 20.2. The molecule has 0 spiro atoms. The van der Waals surface area contributed by atoms with Crippen LogP contribution >= 0.6 is 0 Å². The molecule has 0 saturated carbocycles. The van der Waals surface area contributed by atoms with Crippen LogP contribution < -0.4 is 14.7 Å². The van der Waals surface area contributed by atoms with Gasteiger partial charge < -0.3 is 42.1 Å². The van der Waals surface area contributed by atoms with Crippen molar-refractivity contribution in [3.05, 3.63) is 474 Å². The second-order valence-electron chi connectivity index (χ2n) is 35.0. The zero-order chi connectivity index (χ0) is 88.5. The van der Waals surface area contributed by atoms with Gasteiger partial charge in [-0.1, -0.05) is 243 Å². The first-order valence-electron chi connectivity index (χ1n) is 45.9. The molecule has 0 bridgehead atoms. The van der Waals surface area contributed by atoms with Crippen LogP contribution in [0.4, 0.5) is 51.2 Å². The van der Waals surface area contributed by atoms with E-state index in [2.05, 4.69) is 476 Å². The number of nitrogens with zero attached hydrogens (tertiary/aromatic N) is 12. The number of benzene rings is 18. The van der Waals surface area contributed by atoms with Gasteiger partial charge in [0.15, 0.2) is 0 Å². The van der Waals surface area contributed by atoms with E-state index < -0.39 is 0 Å². The third-order valence-electron chi connectivity index (χ3n) is 27.9. The van der Waals surface area contributed by atoms with Crippen LogP contribution in [0.15, 0.2) is 474 Å². The Morgan fingerprint density at radius 2 is 0.437 bits per heavy atom. The Bertz CT molecular complexity index is 9340. The molecule has 630 valence electrons. The Balaban J connectivity index is 0.000000101. The molecule has 27 aromatic rings. The summed E-state index contributed by atoms with van der Waals surface area (Å²) in [6.45, 7) is 0. The summed E-state index contributed by atoms with van der Waals surface area (Å²) in [6, 6.07) is 158. The standard InChI is InChI=1S/3C41H26N4/c1-2-11-29(12-3-1)43-35-16-6-7-17-36(35)45-37-24-23-32-31-13-4-5-15-34(31)44(41(32)39(37)33-14-8-18-38(43)40(33)45)30-21-19-27(20-22-30)28-10-9-25-42-26-28;1-2-11-29(12-3-1)44-34-16-6-7-17-35(34)45-37-24-23-36-39(40(37)32-14-8-18-38(44)41(32)45)31-13-4-5-15-33(31)43(36)30-21-19-27(20-22-30)28-10-9-25-42-26-28;1-2-11-29(12-3-1)44-36-16-6-7-17-37(36)45-40-24-33-31-13-4-5-15-35(31)43(30-21-19-27(20-22-30)28-10-9-23-42-26-28)39(33)25-34(40)32-14-8-18-38(44)41(32)45/h3*1-26H. The number of fused-ring (bicyclic) bond motifs is 26. The highest BCUT2D eigenvalue weighted by atomic mass is 15.2. The minimum absolute atomic E-state index is 1.12. The third-order valence-corrected chi connectivity index (χ3v) is 27.9. The molecule has 12 nitrogen and oxygen atoms in total. The van der Waals surface area contributed by atoms with Crippen LogP contribution in [0.25, 0.3) is 198 Å². The van der Waals surface area contributed by atoms with Crippen molar-refractivity contribution in [3.63, 3.8) is 0 Å². The zero-order valence-electron chi connectivity index (χ0n) is 72.9. The Hall–Kier alpha value is -18.4. The van der Waals surface area contributed by atoms with Crippen LogP contribution in [0.2, 0.25) is 0 Å². The molecule has 0 unspecified atom stereocenters. The number of hydrogen-bond acceptors (Lipinski definition) is 6. The van der Waals surface area contributed by atoms with Gasteiger partial charge in [0.05, 0.1) is 117 Å². The number of hydrogen-bond donors (Lipinski definition) is 0. The summed E-state index contributed by atoms with van der Waals surface area (Å²) in [6.07, 6.45) is 11.2. The molecule has 18 aromatic carbocycles. The molecule has 0 fully saturated rings. The lowest BCUT2D eigenvalue weighted by atomic mass is 10.0. The maximum atomic E-state index is 4.33. The van der Waals surface area contributed by atoms with Crippen LogP contribution in [-0.2, 0) is 0 Å². The Labute approximate surface area is 775 Å². The van der Waals surface area contributed by atoms with E-state index in [0.717, 1.165) is 67.5 Å². The molecule has 0 amide bonds. The van der Waals surface area contributed by atoms with E-state index in [1.165, 1.54) is 182 Å². The highest BCUT2D eigenvalue weighted by Gasteiger charge is 2.35. The average molecular weight is 1720 g/mol. The van der Waals surface area contributed by atoms with Gasteiger partial charge >= 0.3 is 0 Å². The molecule has 30 rings (SSSR count). The fourth-order valence-corrected chi connectivity index (χ4v) is 22.3. The van der Waals surface area contributed by atoms with Gasteiger partial charge in [-0.15, -0.1) is 0 Å². The molecule has 3 aliphatic heterocycles. The molecular formula is C123H78N12. The Morgan fingerprint density at radius 1 is 0.141 bits per heavy atom. The summed E-state index contributed by atoms with van der Waals surface area (Å²) in [5.41, 5.74) is 39.0. The molecule has 12 heterocycles. The Morgan fingerprint density at radius 3 is 0.889 bits per heavy atom. The van der Waals surface area contributed by atoms with Crippen molar-refractivity contribution in [1.29, 1.82) is 0 Å². The average Bonchev–Trinajstić information content (AvgIpc) is 1.57. The van der Waals surface area contributed by atoms with Crippen LogP contribution in [-0.4, -0.2) is 42.4 Å². The third kappa shape index (κ3) is 11.4. The van der Waals surface area contributed by atoms with Crippen molar-refractivity contribution < 1.29 is 0 Å². The summed E-state index contributed by atoms with van der Waals surface area (Å²) < 4.78 is 14.7. The summed E-state index contributed by atoms with van der Waals surface area (Å²) >= 11 is 0. The van der Waals surface area contributed by atoms with Gasteiger partial charge in [-0.05, 0) is 228 Å². The predicted octanol–water partition coefficient (Wildman–Crippen LogP) is 32.2. The van der Waals surface area contributed by atoms with Crippen molar-refractivity contribution >= 4 is 182 Å². The molecule has 0 atom stereocenters. The largest absolute Gasteiger partial charge is 0.309 e. The summed E-state index contributed by atoms with van der Waals surface area (Å²) in [5.74, 6) is 0. The van der Waals surface area contributed by atoms with Crippen LogP contribution in [0, 0.1) is 0 Å². The number of aromatic nitrogens is 9. The van der Waals surface area contributed by atoms with Crippen LogP contribution in [0.5, 0.6) is 0 Å². The van der Waals surface area contributed by atoms with Gasteiger partial charge in [0.25, 0.3) is 0 Å². The molecule has 12 heteroatoms. The van der Waals surface area contributed by atoms with Gasteiger partial charge in [-0.2, -0.15) is 0 Å². The molecule has 135 heavy (non-hydrogen) atoms. The molecular weight excluding hydrogens is 1650 g/mol. The molecule has 0 N–H and O–H groups in total. The second kappa shape index (κ2) is 30.1. The fourth-order valence-electron chi connectivity index (χ4n) is 22.3. The summed E-state index contributed by atoms with van der Waals surface area (Å²) in [5, 5.41) is 15.1. The number of rotatable bonds is 9. The van der Waals surface area contributed by atoms with Gasteiger partial charge in [-0.25, -0.2) is 0 Å². The van der Waals surface area contributed by atoms with Crippen molar-refractivity contribution in [1.82, 2.24) is 42.4 Å². The summed E-state index contributed by atoms with van der Waals surface area (Å²) in [7, 11) is 0. The predicted molar refractivity (Wildman–Crippen MR) is 560 cm³/mol. The van der Waals surface area contributed by atoms with Gasteiger partial charge in [0.2, 0.25) is 0 Å². The van der Waals surface area contributed by atoms with E-state index in [0.29, 0.717) is 0 Å². The lowest BCUT2D eigenvalue weighted by molar-refractivity contribution is 1.11. The number of para-hydroxylation sites is 15. The molecule has 0 radical (unpaired) electrons. The van der Waals surface area contributed by atoms with Crippen molar-refractivity contribution in [2.24, 2.45) is 0 Å². The van der Waals surface area contributed by atoms with Crippen LogP contribution in [0.3, 0.4) is 0 Å². The highest BCUT2D eigenvalue weighted by molar-refractivity contribution is 6.32. The van der Waals surface area contributed by atoms with E-state index in [-0.39, 0.29) is 0 Å². The molecule has 0 aliphatic carbocycles. The number of anilines is 9. The highest BCUT2D eigenvalue weighted by Crippen LogP contribution is 2.56. The van der Waals surface area contributed by atoms with Gasteiger partial charge in [0.1, 0.15) is 0 Å². The first-order chi connectivity index (χ1) is 67.1. The fraction of sp³-hybridized carbons (Fsp3) is 0. The maximum Gasteiger partial charge on any atom is 0.0784 e.